The highest BCUT2D eigenvalue weighted by molar-refractivity contribution is 5.95. The molecule has 0 heterocycles. The molecule has 0 atom stereocenters. The number of carbonyl (C=O) groups is 2. The molecule has 0 spiro atoms. The minimum absolute atomic E-state index is 0.326. The monoisotopic (exact) mass is 439 g/mol. The van der Waals surface area contributed by atoms with E-state index in [0.717, 1.165) is 43.5 Å². The quantitative estimate of drug-likeness (QED) is 0.394. The van der Waals surface area contributed by atoms with Crippen molar-refractivity contribution in [1.29, 1.82) is 0 Å². The molecule has 0 aromatic heterocycles. The lowest BCUT2D eigenvalue weighted by atomic mass is 10.2. The van der Waals surface area contributed by atoms with Crippen LogP contribution >= 0.6 is 0 Å². The molecule has 2 amide bonds. The van der Waals surface area contributed by atoms with Gasteiger partial charge < -0.3 is 10.6 Å². The van der Waals surface area contributed by atoms with Crippen molar-refractivity contribution in [2.45, 2.75) is 32.6 Å². The molecule has 0 bridgehead atoms. The van der Waals surface area contributed by atoms with Crippen LogP contribution in [-0.4, -0.2) is 36.3 Å². The molecule has 0 fully saturated rings. The van der Waals surface area contributed by atoms with E-state index >= 15 is 0 Å². The largest absolute Gasteiger partial charge is 0.320 e. The predicted octanol–water partition coefficient (Wildman–Crippen LogP) is 4.70. The summed E-state index contributed by atoms with van der Waals surface area (Å²) < 4.78 is 55.0. The van der Waals surface area contributed by atoms with Gasteiger partial charge in [0.25, 0.3) is 0 Å². The molecule has 2 aromatic rings. The zero-order valence-corrected chi connectivity index (χ0v) is 17.2. The molecule has 31 heavy (non-hydrogen) atoms. The van der Waals surface area contributed by atoms with E-state index in [1.165, 1.54) is 17.0 Å². The second-order valence-corrected chi connectivity index (χ2v) is 7.06. The number of rotatable bonds is 11. The molecule has 5 nitrogen and oxygen atoms in total. The van der Waals surface area contributed by atoms with Crippen LogP contribution in [0.2, 0.25) is 0 Å². The fourth-order valence-electron chi connectivity index (χ4n) is 2.97. The zero-order chi connectivity index (χ0) is 22.8. The topological polar surface area (TPSA) is 61.4 Å². The highest BCUT2D eigenvalue weighted by Gasteiger charge is 2.19. The first-order valence-electron chi connectivity index (χ1n) is 10.0. The van der Waals surface area contributed by atoms with Crippen LogP contribution in [0.5, 0.6) is 0 Å². The number of carbonyl (C=O) groups excluding carboxylic acids is 2. The summed E-state index contributed by atoms with van der Waals surface area (Å²) in [7, 11) is 0. The summed E-state index contributed by atoms with van der Waals surface area (Å²) in [4.78, 5) is 26.1. The van der Waals surface area contributed by atoms with E-state index in [4.69, 9.17) is 0 Å². The lowest BCUT2D eigenvalue weighted by Gasteiger charge is -2.21. The molecule has 168 valence electrons. The summed E-state index contributed by atoms with van der Waals surface area (Å²) in [6.45, 7) is 1.73. The van der Waals surface area contributed by atoms with Crippen LogP contribution in [0.15, 0.2) is 36.4 Å². The van der Waals surface area contributed by atoms with Gasteiger partial charge in [-0.05, 0) is 37.2 Å². The average Bonchev–Trinajstić information content (AvgIpc) is 2.71. The third kappa shape index (κ3) is 7.67. The summed E-state index contributed by atoms with van der Waals surface area (Å²) in [5.74, 6) is -5.12. The SMILES string of the molecule is CCCCCCN(CC(=O)Nc1c(F)cccc1F)CC(=O)Nc1c(F)cccc1F. The van der Waals surface area contributed by atoms with E-state index in [0.29, 0.717) is 13.0 Å². The molecule has 0 aliphatic heterocycles. The standard InChI is InChI=1S/C22H25F4N3O2/c1-2-3-4-5-12-29(13-19(30)27-21-15(23)8-6-9-16(21)24)14-20(31)28-22-17(25)10-7-11-18(22)26/h6-11H,2-5,12-14H2,1H3,(H,27,30)(H,28,31). The second-order valence-electron chi connectivity index (χ2n) is 7.06. The van der Waals surface area contributed by atoms with Crippen LogP contribution < -0.4 is 10.6 Å². The summed E-state index contributed by atoms with van der Waals surface area (Å²) in [5, 5.41) is 4.34. The molecule has 9 heteroatoms. The van der Waals surface area contributed by atoms with Gasteiger partial charge >= 0.3 is 0 Å². The maximum Gasteiger partial charge on any atom is 0.238 e. The minimum Gasteiger partial charge on any atom is -0.320 e. The fourth-order valence-corrected chi connectivity index (χ4v) is 2.97. The number of anilines is 2. The Hall–Kier alpha value is -2.94. The smallest absolute Gasteiger partial charge is 0.238 e. The molecule has 0 saturated heterocycles. The van der Waals surface area contributed by atoms with Gasteiger partial charge in [-0.15, -0.1) is 0 Å². The Morgan fingerprint density at radius 3 is 1.55 bits per heavy atom. The van der Waals surface area contributed by atoms with Gasteiger partial charge in [-0.3, -0.25) is 14.5 Å². The van der Waals surface area contributed by atoms with Gasteiger partial charge in [-0.25, -0.2) is 17.6 Å². The van der Waals surface area contributed by atoms with Crippen molar-refractivity contribution in [3.05, 3.63) is 59.7 Å². The van der Waals surface area contributed by atoms with E-state index in [1.54, 1.807) is 0 Å². The number of benzene rings is 2. The molecule has 2 rings (SSSR count). The van der Waals surface area contributed by atoms with Crippen molar-refractivity contribution < 1.29 is 27.2 Å². The second kappa shape index (κ2) is 12.0. The highest BCUT2D eigenvalue weighted by atomic mass is 19.1. The fraction of sp³-hybridized carbons (Fsp3) is 0.364. The summed E-state index contributed by atoms with van der Waals surface area (Å²) in [6.07, 6.45) is 3.49. The van der Waals surface area contributed by atoms with E-state index in [2.05, 4.69) is 10.6 Å². The molecular weight excluding hydrogens is 414 g/mol. The third-order valence-corrected chi connectivity index (χ3v) is 4.52. The highest BCUT2D eigenvalue weighted by Crippen LogP contribution is 2.19. The Labute approximate surface area is 178 Å². The zero-order valence-electron chi connectivity index (χ0n) is 17.2. The number of hydrogen-bond acceptors (Lipinski definition) is 3. The van der Waals surface area contributed by atoms with Crippen molar-refractivity contribution in [1.82, 2.24) is 4.90 Å². The maximum absolute atomic E-state index is 13.8. The van der Waals surface area contributed by atoms with Gasteiger partial charge in [-0.1, -0.05) is 38.3 Å². The molecule has 0 radical (unpaired) electrons. The number of amides is 2. The number of halogens is 4. The Morgan fingerprint density at radius 1 is 0.742 bits per heavy atom. The van der Waals surface area contributed by atoms with Gasteiger partial charge in [0, 0.05) is 0 Å². The Balaban J connectivity index is 2.03. The number of para-hydroxylation sites is 2. The third-order valence-electron chi connectivity index (χ3n) is 4.52. The first-order valence-corrected chi connectivity index (χ1v) is 10.0. The van der Waals surface area contributed by atoms with Gasteiger partial charge in [-0.2, -0.15) is 0 Å². The summed E-state index contributed by atoms with van der Waals surface area (Å²) in [5.41, 5.74) is -1.15. The van der Waals surface area contributed by atoms with Crippen molar-refractivity contribution in [3.63, 3.8) is 0 Å². The molecular formula is C22H25F4N3O2. The average molecular weight is 439 g/mol. The predicted molar refractivity (Wildman–Crippen MR) is 111 cm³/mol. The van der Waals surface area contributed by atoms with Crippen molar-refractivity contribution in [3.8, 4) is 0 Å². The van der Waals surface area contributed by atoms with Crippen LogP contribution in [0.25, 0.3) is 0 Å². The molecule has 0 aliphatic rings. The maximum atomic E-state index is 13.8. The number of hydrogen-bond donors (Lipinski definition) is 2. The first-order chi connectivity index (χ1) is 14.8. The van der Waals surface area contributed by atoms with Crippen LogP contribution in [0.1, 0.15) is 32.6 Å². The summed E-state index contributed by atoms with van der Waals surface area (Å²) >= 11 is 0. The van der Waals surface area contributed by atoms with Crippen LogP contribution in [0, 0.1) is 23.3 Å². The van der Waals surface area contributed by atoms with Crippen molar-refractivity contribution in [2.24, 2.45) is 0 Å². The lowest BCUT2D eigenvalue weighted by molar-refractivity contribution is -0.120. The lowest BCUT2D eigenvalue weighted by Crippen LogP contribution is -2.39. The van der Waals surface area contributed by atoms with Gasteiger partial charge in [0.05, 0.1) is 13.1 Å². The first kappa shape index (κ1) is 24.3. The Morgan fingerprint density at radius 2 is 1.16 bits per heavy atom. The molecule has 0 aliphatic carbocycles. The number of unbranched alkanes of at least 4 members (excludes halogenated alkanes) is 3. The molecule has 0 unspecified atom stereocenters. The molecule has 2 N–H and O–H groups in total. The Kier molecular flexibility index (Phi) is 9.45. The number of nitrogens with one attached hydrogen (secondary N) is 2. The van der Waals surface area contributed by atoms with Crippen LogP contribution in [0.4, 0.5) is 28.9 Å². The summed E-state index contributed by atoms with van der Waals surface area (Å²) in [6, 6.07) is 6.39. The molecule has 0 saturated carbocycles. The van der Waals surface area contributed by atoms with E-state index in [-0.39, 0.29) is 13.1 Å². The minimum atomic E-state index is -0.921. The van der Waals surface area contributed by atoms with Gasteiger partial charge in [0.15, 0.2) is 0 Å². The molecule has 2 aromatic carbocycles. The van der Waals surface area contributed by atoms with E-state index in [1.807, 2.05) is 6.92 Å². The van der Waals surface area contributed by atoms with Crippen LogP contribution in [0.3, 0.4) is 0 Å². The van der Waals surface area contributed by atoms with Crippen LogP contribution in [-0.2, 0) is 9.59 Å². The number of nitrogens with zero attached hydrogens (tertiary/aromatic N) is 1. The van der Waals surface area contributed by atoms with Crippen molar-refractivity contribution in [2.75, 3.05) is 30.3 Å². The normalized spacial score (nSPS) is 10.9. The Bertz CT molecular complexity index is 800. The van der Waals surface area contributed by atoms with Gasteiger partial charge in [0.1, 0.15) is 34.6 Å². The van der Waals surface area contributed by atoms with Crippen molar-refractivity contribution >= 4 is 23.2 Å². The van der Waals surface area contributed by atoms with E-state index in [9.17, 15) is 27.2 Å². The van der Waals surface area contributed by atoms with Gasteiger partial charge in [0.2, 0.25) is 11.8 Å². The van der Waals surface area contributed by atoms with E-state index < -0.39 is 46.5 Å².